The Labute approximate surface area is 106 Å². The van der Waals surface area contributed by atoms with Gasteiger partial charge in [-0.3, -0.25) is 0 Å². The lowest BCUT2D eigenvalue weighted by molar-refractivity contribution is -0.131. The van der Waals surface area contributed by atoms with Crippen LogP contribution in [0.1, 0.15) is 52.4 Å². The third kappa shape index (κ3) is 4.94. The van der Waals surface area contributed by atoms with Gasteiger partial charge in [0.1, 0.15) is 5.60 Å². The summed E-state index contributed by atoms with van der Waals surface area (Å²) >= 11 is 0. The summed E-state index contributed by atoms with van der Waals surface area (Å²) < 4.78 is 11.6. The van der Waals surface area contributed by atoms with Crippen LogP contribution in [0.2, 0.25) is 0 Å². The van der Waals surface area contributed by atoms with Crippen LogP contribution in [0.5, 0.6) is 0 Å². The lowest BCUT2D eigenvalue weighted by Crippen LogP contribution is -2.48. The lowest BCUT2D eigenvalue weighted by Gasteiger charge is -2.37. The fourth-order valence-electron chi connectivity index (χ4n) is 2.35. The highest BCUT2D eigenvalue weighted by atomic mass is 16.5. The van der Waals surface area contributed by atoms with Crippen molar-refractivity contribution in [2.75, 3.05) is 26.4 Å². The maximum absolute atomic E-state index is 6.12. The molecule has 2 N–H and O–H groups in total. The van der Waals surface area contributed by atoms with E-state index in [9.17, 15) is 0 Å². The highest BCUT2D eigenvalue weighted by Gasteiger charge is 2.32. The minimum Gasteiger partial charge on any atom is -0.378 e. The van der Waals surface area contributed by atoms with E-state index in [2.05, 4.69) is 13.8 Å². The van der Waals surface area contributed by atoms with Crippen LogP contribution in [0.15, 0.2) is 0 Å². The van der Waals surface area contributed by atoms with Crippen molar-refractivity contribution >= 4 is 0 Å². The van der Waals surface area contributed by atoms with Gasteiger partial charge < -0.3 is 15.2 Å². The molecule has 0 spiro atoms. The molecule has 0 bridgehead atoms. The number of rotatable bonds is 8. The van der Waals surface area contributed by atoms with Gasteiger partial charge in [-0.1, -0.05) is 33.1 Å². The first-order chi connectivity index (χ1) is 8.26. The molecule has 1 saturated heterocycles. The molecule has 2 unspecified atom stereocenters. The summed E-state index contributed by atoms with van der Waals surface area (Å²) in [6, 6.07) is 0. The first-order valence-electron chi connectivity index (χ1n) is 7.18. The van der Waals surface area contributed by atoms with E-state index in [1.165, 1.54) is 25.7 Å². The Morgan fingerprint density at radius 1 is 1.41 bits per heavy atom. The molecule has 0 radical (unpaired) electrons. The van der Waals surface area contributed by atoms with Crippen LogP contribution >= 0.6 is 0 Å². The molecule has 3 heteroatoms. The topological polar surface area (TPSA) is 44.5 Å². The van der Waals surface area contributed by atoms with Gasteiger partial charge in [0.25, 0.3) is 0 Å². The van der Waals surface area contributed by atoms with Crippen molar-refractivity contribution in [3.63, 3.8) is 0 Å². The first-order valence-corrected chi connectivity index (χ1v) is 7.18. The summed E-state index contributed by atoms with van der Waals surface area (Å²) in [7, 11) is 0. The molecule has 0 aromatic rings. The third-order valence-electron chi connectivity index (χ3n) is 3.83. The van der Waals surface area contributed by atoms with Crippen molar-refractivity contribution < 1.29 is 9.47 Å². The van der Waals surface area contributed by atoms with Gasteiger partial charge in [-0.25, -0.2) is 0 Å². The number of hydrogen-bond donors (Lipinski definition) is 1. The molecule has 0 saturated carbocycles. The molecule has 1 heterocycles. The van der Waals surface area contributed by atoms with E-state index in [0.29, 0.717) is 19.1 Å². The molecule has 102 valence electrons. The molecular formula is C14H29NO2. The smallest absolute Gasteiger partial charge is 0.104 e. The highest BCUT2D eigenvalue weighted by Crippen LogP contribution is 2.24. The Bertz CT molecular complexity index is 191. The highest BCUT2D eigenvalue weighted by molar-refractivity contribution is 4.84. The second-order valence-electron chi connectivity index (χ2n) is 5.27. The maximum Gasteiger partial charge on any atom is 0.104 e. The summed E-state index contributed by atoms with van der Waals surface area (Å²) in [5, 5.41) is 0. The van der Waals surface area contributed by atoms with Gasteiger partial charge in [-0.2, -0.15) is 0 Å². The normalized spacial score (nSPS) is 27.0. The quantitative estimate of drug-likeness (QED) is 0.713. The van der Waals surface area contributed by atoms with Crippen LogP contribution in [0.3, 0.4) is 0 Å². The van der Waals surface area contributed by atoms with Gasteiger partial charge in [0.05, 0.1) is 13.2 Å². The predicted octanol–water partition coefficient (Wildman–Crippen LogP) is 2.73. The number of nitrogens with two attached hydrogens (primary N) is 1. The minimum atomic E-state index is -0.197. The molecule has 0 amide bonds. The van der Waals surface area contributed by atoms with Crippen molar-refractivity contribution in [1.82, 2.24) is 0 Å². The van der Waals surface area contributed by atoms with E-state index in [4.69, 9.17) is 15.2 Å². The lowest BCUT2D eigenvalue weighted by atomic mass is 9.95. The zero-order valence-electron chi connectivity index (χ0n) is 11.5. The van der Waals surface area contributed by atoms with Crippen LogP contribution in [0, 0.1) is 5.92 Å². The van der Waals surface area contributed by atoms with E-state index < -0.39 is 0 Å². The molecule has 0 aromatic heterocycles. The Hall–Kier alpha value is -0.120. The van der Waals surface area contributed by atoms with E-state index >= 15 is 0 Å². The summed E-state index contributed by atoms with van der Waals surface area (Å²) in [5.74, 6) is 0.681. The van der Waals surface area contributed by atoms with E-state index in [1.54, 1.807) is 0 Å². The average Bonchev–Trinajstić information content (AvgIpc) is 2.40. The summed E-state index contributed by atoms with van der Waals surface area (Å²) in [6.07, 6.45) is 7.16. The Morgan fingerprint density at radius 3 is 2.76 bits per heavy atom. The fraction of sp³-hybridized carbons (Fsp3) is 1.00. The molecule has 2 atom stereocenters. The van der Waals surface area contributed by atoms with E-state index in [0.717, 1.165) is 26.1 Å². The van der Waals surface area contributed by atoms with Crippen LogP contribution < -0.4 is 5.73 Å². The predicted molar refractivity (Wildman–Crippen MR) is 71.1 cm³/mol. The maximum atomic E-state index is 6.12. The summed E-state index contributed by atoms with van der Waals surface area (Å²) in [4.78, 5) is 0. The Morgan fingerprint density at radius 2 is 2.24 bits per heavy atom. The summed E-state index contributed by atoms with van der Waals surface area (Å²) in [5.41, 5.74) is 5.66. The molecule has 17 heavy (non-hydrogen) atoms. The van der Waals surface area contributed by atoms with Crippen LogP contribution in [0.25, 0.3) is 0 Å². The minimum absolute atomic E-state index is 0.197. The van der Waals surface area contributed by atoms with Crippen molar-refractivity contribution in [2.24, 2.45) is 11.7 Å². The summed E-state index contributed by atoms with van der Waals surface area (Å²) in [6.45, 7) is 7.44. The monoisotopic (exact) mass is 243 g/mol. The molecular weight excluding hydrogens is 214 g/mol. The van der Waals surface area contributed by atoms with Gasteiger partial charge >= 0.3 is 0 Å². The second-order valence-corrected chi connectivity index (χ2v) is 5.27. The van der Waals surface area contributed by atoms with Gasteiger partial charge in [0.15, 0.2) is 0 Å². The van der Waals surface area contributed by atoms with Gasteiger partial charge in [-0.15, -0.1) is 0 Å². The number of ether oxygens (including phenoxy) is 2. The molecule has 1 fully saturated rings. The third-order valence-corrected chi connectivity index (χ3v) is 3.83. The average molecular weight is 243 g/mol. The van der Waals surface area contributed by atoms with Gasteiger partial charge in [0.2, 0.25) is 0 Å². The van der Waals surface area contributed by atoms with E-state index in [1.807, 2.05) is 0 Å². The molecule has 0 aromatic carbocycles. The number of unbranched alkanes of at least 4 members (excludes halogenated alkanes) is 1. The van der Waals surface area contributed by atoms with Crippen molar-refractivity contribution in [3.8, 4) is 0 Å². The molecule has 1 aliphatic rings. The SMILES string of the molecule is CCCCC(CC)COC1(CN)CCCOC1. The Kier molecular flexibility index (Phi) is 7.09. The second kappa shape index (κ2) is 8.06. The number of hydrogen-bond acceptors (Lipinski definition) is 3. The van der Waals surface area contributed by atoms with E-state index in [-0.39, 0.29) is 5.60 Å². The molecule has 3 nitrogen and oxygen atoms in total. The molecule has 1 rings (SSSR count). The van der Waals surface area contributed by atoms with Gasteiger partial charge in [-0.05, 0) is 25.2 Å². The largest absolute Gasteiger partial charge is 0.378 e. The van der Waals surface area contributed by atoms with Crippen molar-refractivity contribution in [1.29, 1.82) is 0 Å². The van der Waals surface area contributed by atoms with Crippen LogP contribution in [0.4, 0.5) is 0 Å². The fourth-order valence-corrected chi connectivity index (χ4v) is 2.35. The molecule has 0 aliphatic carbocycles. The molecule has 1 aliphatic heterocycles. The van der Waals surface area contributed by atoms with Crippen molar-refractivity contribution in [3.05, 3.63) is 0 Å². The van der Waals surface area contributed by atoms with Crippen molar-refractivity contribution in [2.45, 2.75) is 58.0 Å². The zero-order valence-corrected chi connectivity index (χ0v) is 11.5. The van der Waals surface area contributed by atoms with Gasteiger partial charge in [0, 0.05) is 13.2 Å². The standard InChI is InChI=1S/C14H29NO2/c1-3-5-7-13(4-2)10-17-14(11-15)8-6-9-16-12-14/h13H,3-12,15H2,1-2H3. The zero-order chi connectivity index (χ0) is 12.6. The Balaban J connectivity index is 2.34. The first kappa shape index (κ1) is 14.9. The van der Waals surface area contributed by atoms with Crippen LogP contribution in [-0.2, 0) is 9.47 Å². The van der Waals surface area contributed by atoms with Crippen LogP contribution in [-0.4, -0.2) is 32.0 Å².